The highest BCUT2D eigenvalue weighted by molar-refractivity contribution is 5.94. The monoisotopic (exact) mass is 289 g/mol. The van der Waals surface area contributed by atoms with Gasteiger partial charge in [0.2, 0.25) is 0 Å². The van der Waals surface area contributed by atoms with E-state index in [4.69, 9.17) is 0 Å². The Balaban J connectivity index is 1.66. The summed E-state index contributed by atoms with van der Waals surface area (Å²) in [6, 6.07) is 23.6. The maximum absolute atomic E-state index is 12.1. The van der Waals surface area contributed by atoms with Crippen molar-refractivity contribution < 1.29 is 9.78 Å². The van der Waals surface area contributed by atoms with Crippen LogP contribution in [0.2, 0.25) is 0 Å². The molecule has 0 spiro atoms. The lowest BCUT2D eigenvalue weighted by atomic mass is 10.0. The second kappa shape index (κ2) is 6.68. The largest absolute Gasteiger partial charge is 0.342 e. The van der Waals surface area contributed by atoms with Crippen LogP contribution in [-0.4, -0.2) is 5.91 Å². The van der Waals surface area contributed by atoms with Crippen LogP contribution in [0.25, 0.3) is 11.1 Å². The number of carbonyl (C=O) groups excluding carboxylic acids is 1. The van der Waals surface area contributed by atoms with E-state index >= 15 is 0 Å². The number of hydrogen-bond acceptors (Lipinski definition) is 1. The Labute approximate surface area is 129 Å². The first-order valence-corrected chi connectivity index (χ1v) is 7.22. The van der Waals surface area contributed by atoms with E-state index in [1.165, 1.54) is 0 Å². The van der Waals surface area contributed by atoms with Crippen LogP contribution in [0.15, 0.2) is 79.0 Å². The summed E-state index contributed by atoms with van der Waals surface area (Å²) < 4.78 is 0. The van der Waals surface area contributed by atoms with Crippen LogP contribution in [0.4, 0.5) is 0 Å². The maximum atomic E-state index is 12.1. The van der Waals surface area contributed by atoms with Crippen molar-refractivity contribution in [3.05, 3.63) is 90.3 Å². The predicted molar refractivity (Wildman–Crippen MR) is 86.0 cm³/mol. The SMILES string of the molecule is O=C(NCc1cccc[nH+]1)c1ccc(-c2ccccc2)cc1. The normalized spacial score (nSPS) is 10.2. The van der Waals surface area contributed by atoms with Gasteiger partial charge in [-0.1, -0.05) is 48.5 Å². The zero-order chi connectivity index (χ0) is 15.2. The summed E-state index contributed by atoms with van der Waals surface area (Å²) in [7, 11) is 0. The van der Waals surface area contributed by atoms with Crippen molar-refractivity contribution in [3.8, 4) is 11.1 Å². The number of benzene rings is 2. The molecule has 0 aliphatic carbocycles. The van der Waals surface area contributed by atoms with Gasteiger partial charge in [-0.3, -0.25) is 4.79 Å². The topological polar surface area (TPSA) is 43.2 Å². The summed E-state index contributed by atoms with van der Waals surface area (Å²) in [6.45, 7) is 0.486. The fourth-order valence-corrected chi connectivity index (χ4v) is 2.26. The van der Waals surface area contributed by atoms with Gasteiger partial charge < -0.3 is 5.32 Å². The molecule has 108 valence electrons. The van der Waals surface area contributed by atoms with Gasteiger partial charge in [-0.05, 0) is 23.3 Å². The zero-order valence-electron chi connectivity index (χ0n) is 12.1. The number of pyridine rings is 1. The van der Waals surface area contributed by atoms with Crippen molar-refractivity contribution >= 4 is 5.91 Å². The third kappa shape index (κ3) is 3.38. The molecule has 0 aliphatic heterocycles. The lowest BCUT2D eigenvalue weighted by molar-refractivity contribution is -0.390. The summed E-state index contributed by atoms with van der Waals surface area (Å²) in [6.07, 6.45) is 1.84. The van der Waals surface area contributed by atoms with Crippen molar-refractivity contribution in [1.82, 2.24) is 5.32 Å². The molecule has 0 saturated heterocycles. The van der Waals surface area contributed by atoms with E-state index < -0.39 is 0 Å². The van der Waals surface area contributed by atoms with Crippen molar-refractivity contribution in [2.45, 2.75) is 6.54 Å². The first kappa shape index (κ1) is 14.0. The molecule has 1 heterocycles. The minimum Gasteiger partial charge on any atom is -0.342 e. The molecule has 3 aromatic rings. The Hall–Kier alpha value is -2.94. The molecule has 0 radical (unpaired) electrons. The molecule has 3 rings (SSSR count). The Kier molecular flexibility index (Phi) is 4.25. The summed E-state index contributed by atoms with van der Waals surface area (Å²) in [4.78, 5) is 15.2. The molecule has 2 aromatic carbocycles. The first-order chi connectivity index (χ1) is 10.8. The molecule has 22 heavy (non-hydrogen) atoms. The number of nitrogens with one attached hydrogen (secondary N) is 2. The van der Waals surface area contributed by atoms with Gasteiger partial charge in [0.05, 0.1) is 0 Å². The van der Waals surface area contributed by atoms with Gasteiger partial charge in [0.1, 0.15) is 6.54 Å². The van der Waals surface area contributed by atoms with E-state index in [1.54, 1.807) is 0 Å². The van der Waals surface area contributed by atoms with Crippen LogP contribution >= 0.6 is 0 Å². The number of hydrogen-bond donors (Lipinski definition) is 1. The summed E-state index contributed by atoms with van der Waals surface area (Å²) in [5, 5.41) is 2.90. The maximum Gasteiger partial charge on any atom is 0.251 e. The van der Waals surface area contributed by atoms with Crippen LogP contribution in [-0.2, 0) is 6.54 Å². The van der Waals surface area contributed by atoms with Gasteiger partial charge in [0.15, 0.2) is 11.9 Å². The number of aromatic amines is 1. The average Bonchev–Trinajstić information content (AvgIpc) is 2.61. The highest BCUT2D eigenvalue weighted by Gasteiger charge is 2.07. The number of carbonyl (C=O) groups is 1. The van der Waals surface area contributed by atoms with Gasteiger partial charge in [-0.25, -0.2) is 4.98 Å². The van der Waals surface area contributed by atoms with E-state index in [-0.39, 0.29) is 5.91 Å². The molecule has 2 N–H and O–H groups in total. The minimum absolute atomic E-state index is 0.0723. The number of amides is 1. The average molecular weight is 289 g/mol. The fraction of sp³-hybridized carbons (Fsp3) is 0.0526. The second-order valence-corrected chi connectivity index (χ2v) is 5.01. The van der Waals surface area contributed by atoms with Crippen LogP contribution in [0.3, 0.4) is 0 Å². The van der Waals surface area contributed by atoms with Crippen molar-refractivity contribution in [2.24, 2.45) is 0 Å². The van der Waals surface area contributed by atoms with Gasteiger partial charge in [0, 0.05) is 17.7 Å². The molecular formula is C19H17N2O+. The third-order valence-electron chi connectivity index (χ3n) is 3.47. The Morgan fingerprint density at radius 2 is 1.50 bits per heavy atom. The first-order valence-electron chi connectivity index (χ1n) is 7.22. The number of H-pyrrole nitrogens is 1. The van der Waals surface area contributed by atoms with Gasteiger partial charge in [0.25, 0.3) is 5.91 Å². The van der Waals surface area contributed by atoms with E-state index in [9.17, 15) is 4.79 Å². The number of rotatable bonds is 4. The van der Waals surface area contributed by atoms with Crippen LogP contribution in [0.5, 0.6) is 0 Å². The lowest BCUT2D eigenvalue weighted by Gasteiger charge is -2.05. The number of aromatic nitrogens is 1. The fourth-order valence-electron chi connectivity index (χ4n) is 2.26. The second-order valence-electron chi connectivity index (χ2n) is 5.01. The van der Waals surface area contributed by atoms with Crippen LogP contribution in [0.1, 0.15) is 16.1 Å². The van der Waals surface area contributed by atoms with E-state index in [0.717, 1.165) is 16.8 Å². The Morgan fingerprint density at radius 1 is 0.818 bits per heavy atom. The molecule has 3 heteroatoms. The standard InChI is InChI=1S/C19H16N2O/c22-19(21-14-18-8-4-5-13-20-18)17-11-9-16(10-12-17)15-6-2-1-3-7-15/h1-13H,14H2,(H,21,22)/p+1. The van der Waals surface area contributed by atoms with Crippen molar-refractivity contribution in [1.29, 1.82) is 0 Å². The molecular weight excluding hydrogens is 272 g/mol. The van der Waals surface area contributed by atoms with Crippen molar-refractivity contribution in [2.75, 3.05) is 0 Å². The summed E-state index contributed by atoms with van der Waals surface area (Å²) >= 11 is 0. The molecule has 1 aromatic heterocycles. The van der Waals surface area contributed by atoms with Gasteiger partial charge >= 0.3 is 0 Å². The third-order valence-corrected chi connectivity index (χ3v) is 3.47. The van der Waals surface area contributed by atoms with E-state index in [1.807, 2.05) is 66.9 Å². The molecule has 0 unspecified atom stereocenters. The van der Waals surface area contributed by atoms with E-state index in [0.29, 0.717) is 12.1 Å². The summed E-state index contributed by atoms with van der Waals surface area (Å²) in [5.74, 6) is -0.0723. The Morgan fingerprint density at radius 3 is 2.18 bits per heavy atom. The lowest BCUT2D eigenvalue weighted by Crippen LogP contribution is -2.26. The highest BCUT2D eigenvalue weighted by Crippen LogP contribution is 2.19. The van der Waals surface area contributed by atoms with Crippen LogP contribution in [0, 0.1) is 0 Å². The minimum atomic E-state index is -0.0723. The molecule has 0 atom stereocenters. The molecule has 3 nitrogen and oxygen atoms in total. The summed E-state index contributed by atoms with van der Waals surface area (Å²) in [5.41, 5.74) is 3.88. The molecule has 1 amide bonds. The molecule has 0 bridgehead atoms. The van der Waals surface area contributed by atoms with Crippen LogP contribution < -0.4 is 10.3 Å². The zero-order valence-corrected chi connectivity index (χ0v) is 12.1. The van der Waals surface area contributed by atoms with E-state index in [2.05, 4.69) is 22.4 Å². The predicted octanol–water partition coefficient (Wildman–Crippen LogP) is 3.10. The van der Waals surface area contributed by atoms with Crippen molar-refractivity contribution in [3.63, 3.8) is 0 Å². The molecule has 0 fully saturated rings. The molecule has 0 aliphatic rings. The smallest absolute Gasteiger partial charge is 0.251 e. The van der Waals surface area contributed by atoms with Gasteiger partial charge in [-0.2, -0.15) is 0 Å². The quantitative estimate of drug-likeness (QED) is 0.788. The Bertz CT molecular complexity index is 737. The highest BCUT2D eigenvalue weighted by atomic mass is 16.1. The van der Waals surface area contributed by atoms with Gasteiger partial charge in [-0.15, -0.1) is 0 Å². The molecule has 0 saturated carbocycles.